The number of nitrogens with one attached hydrogen (secondary N) is 1. The van der Waals surface area contributed by atoms with Crippen molar-refractivity contribution in [3.05, 3.63) is 35.9 Å². The van der Waals surface area contributed by atoms with Crippen LogP contribution in [0, 0.1) is 0 Å². The van der Waals surface area contributed by atoms with Crippen molar-refractivity contribution < 1.29 is 27.5 Å². The third-order valence-corrected chi connectivity index (χ3v) is 4.49. The highest BCUT2D eigenvalue weighted by Gasteiger charge is 2.39. The Hall–Kier alpha value is -2.09. The Bertz CT molecular complexity index is 678. The molecule has 1 N–H and O–H groups in total. The minimum Gasteiger partial charge on any atom is -0.467 e. The molecule has 1 amide bonds. The zero-order valence-corrected chi connectivity index (χ0v) is 15.2. The SMILES string of the molecule is COC(=O)[C@H](NC(=O)OC(C)(C)C)[C@@H](c1ccccc1)S(C)(=O)=O. The lowest BCUT2D eigenvalue weighted by Crippen LogP contribution is -2.49. The predicted molar refractivity (Wildman–Crippen MR) is 89.2 cm³/mol. The number of carbonyl (C=O) groups is 2. The molecule has 24 heavy (non-hydrogen) atoms. The van der Waals surface area contributed by atoms with Gasteiger partial charge in [0.05, 0.1) is 7.11 Å². The van der Waals surface area contributed by atoms with E-state index in [4.69, 9.17) is 4.74 Å². The Morgan fingerprint density at radius 1 is 1.12 bits per heavy atom. The molecule has 8 heteroatoms. The fraction of sp³-hybridized carbons (Fsp3) is 0.500. The highest BCUT2D eigenvalue weighted by atomic mass is 32.2. The summed E-state index contributed by atoms with van der Waals surface area (Å²) in [5.41, 5.74) is -0.426. The molecule has 0 heterocycles. The summed E-state index contributed by atoms with van der Waals surface area (Å²) in [6.45, 7) is 4.97. The Labute approximate surface area is 142 Å². The molecule has 0 saturated heterocycles. The first-order valence-electron chi connectivity index (χ1n) is 7.27. The molecule has 0 aliphatic heterocycles. The van der Waals surface area contributed by atoms with E-state index in [0.717, 1.165) is 13.4 Å². The van der Waals surface area contributed by atoms with Gasteiger partial charge in [0.15, 0.2) is 15.9 Å². The van der Waals surface area contributed by atoms with Gasteiger partial charge in [0.25, 0.3) is 0 Å². The number of amides is 1. The van der Waals surface area contributed by atoms with Gasteiger partial charge in [-0.3, -0.25) is 0 Å². The van der Waals surface area contributed by atoms with Crippen LogP contribution in [-0.4, -0.2) is 45.5 Å². The number of alkyl carbamates (subject to hydrolysis) is 1. The van der Waals surface area contributed by atoms with Crippen LogP contribution in [-0.2, 0) is 24.1 Å². The summed E-state index contributed by atoms with van der Waals surface area (Å²) in [4.78, 5) is 24.1. The summed E-state index contributed by atoms with van der Waals surface area (Å²) >= 11 is 0. The van der Waals surface area contributed by atoms with Gasteiger partial charge < -0.3 is 14.8 Å². The van der Waals surface area contributed by atoms with Crippen LogP contribution in [0.5, 0.6) is 0 Å². The van der Waals surface area contributed by atoms with Gasteiger partial charge in [0.2, 0.25) is 0 Å². The maximum atomic E-state index is 12.3. The third kappa shape index (κ3) is 5.84. The number of methoxy groups -OCH3 is 1. The second-order valence-electron chi connectivity index (χ2n) is 6.31. The summed E-state index contributed by atoms with van der Waals surface area (Å²) in [6, 6.07) is 6.72. The minimum atomic E-state index is -3.73. The standard InChI is InChI=1S/C16H23NO6S/c1-16(2,3)23-15(19)17-12(14(18)22-4)13(24(5,20)21)11-9-7-6-8-10-11/h6-10,12-13H,1-5H3,(H,17,19)/t12-,13-/m1/s1. The van der Waals surface area contributed by atoms with E-state index < -0.39 is 38.8 Å². The fourth-order valence-electron chi connectivity index (χ4n) is 2.15. The van der Waals surface area contributed by atoms with E-state index in [0.29, 0.717) is 5.56 Å². The van der Waals surface area contributed by atoms with E-state index >= 15 is 0 Å². The van der Waals surface area contributed by atoms with Gasteiger partial charge in [-0.05, 0) is 26.3 Å². The number of esters is 1. The van der Waals surface area contributed by atoms with Crippen LogP contribution in [0.3, 0.4) is 0 Å². The maximum Gasteiger partial charge on any atom is 0.408 e. The summed E-state index contributed by atoms with van der Waals surface area (Å²) in [5.74, 6) is -0.875. The number of benzene rings is 1. The summed E-state index contributed by atoms with van der Waals surface area (Å²) < 4.78 is 34.3. The Morgan fingerprint density at radius 2 is 1.67 bits per heavy atom. The molecule has 0 unspecified atom stereocenters. The molecule has 1 aromatic carbocycles. The summed E-state index contributed by atoms with van der Waals surface area (Å²) in [7, 11) is -2.61. The van der Waals surface area contributed by atoms with E-state index in [-0.39, 0.29) is 0 Å². The van der Waals surface area contributed by atoms with Gasteiger partial charge in [0, 0.05) is 6.26 Å². The fourth-order valence-corrected chi connectivity index (χ4v) is 3.47. The largest absolute Gasteiger partial charge is 0.467 e. The van der Waals surface area contributed by atoms with Crippen molar-refractivity contribution in [2.75, 3.05) is 13.4 Å². The van der Waals surface area contributed by atoms with Crippen LogP contribution in [0.2, 0.25) is 0 Å². The predicted octanol–water partition coefficient (Wildman–Crippen LogP) is 1.84. The lowest BCUT2D eigenvalue weighted by molar-refractivity contribution is -0.143. The quantitative estimate of drug-likeness (QED) is 0.807. The van der Waals surface area contributed by atoms with Gasteiger partial charge >= 0.3 is 12.1 Å². The molecule has 0 radical (unpaired) electrons. The molecule has 0 aliphatic carbocycles. The van der Waals surface area contributed by atoms with Crippen LogP contribution >= 0.6 is 0 Å². The normalized spacial score (nSPS) is 14.4. The zero-order valence-electron chi connectivity index (χ0n) is 14.4. The number of carbonyl (C=O) groups excluding carboxylic acids is 2. The molecule has 0 saturated carbocycles. The molecule has 1 rings (SSSR count). The number of sulfone groups is 1. The van der Waals surface area contributed by atoms with Crippen LogP contribution in [0.1, 0.15) is 31.6 Å². The average molecular weight is 357 g/mol. The van der Waals surface area contributed by atoms with Gasteiger partial charge in [-0.25, -0.2) is 18.0 Å². The first-order valence-corrected chi connectivity index (χ1v) is 9.22. The molecule has 1 aromatic rings. The smallest absolute Gasteiger partial charge is 0.408 e. The number of hydrogen-bond acceptors (Lipinski definition) is 6. The first-order chi connectivity index (χ1) is 11.0. The molecule has 0 fully saturated rings. The van der Waals surface area contributed by atoms with Gasteiger partial charge in [0.1, 0.15) is 10.9 Å². The van der Waals surface area contributed by atoms with Crippen LogP contribution in [0.15, 0.2) is 30.3 Å². The summed E-state index contributed by atoms with van der Waals surface area (Å²) in [6.07, 6.45) is 0.0969. The van der Waals surface area contributed by atoms with E-state index in [2.05, 4.69) is 10.1 Å². The number of ether oxygens (including phenoxy) is 2. The third-order valence-electron chi connectivity index (χ3n) is 3.02. The maximum absolute atomic E-state index is 12.3. The minimum absolute atomic E-state index is 0.367. The molecule has 2 atom stereocenters. The lowest BCUT2D eigenvalue weighted by Gasteiger charge is -2.27. The van der Waals surface area contributed by atoms with Crippen molar-refractivity contribution in [2.24, 2.45) is 0 Å². The first kappa shape index (κ1) is 20.0. The number of rotatable bonds is 5. The molecular formula is C16H23NO6S. The van der Waals surface area contributed by atoms with Crippen LogP contribution in [0.25, 0.3) is 0 Å². The van der Waals surface area contributed by atoms with Crippen molar-refractivity contribution in [1.29, 1.82) is 0 Å². The van der Waals surface area contributed by atoms with Crippen molar-refractivity contribution >= 4 is 21.9 Å². The van der Waals surface area contributed by atoms with Crippen molar-refractivity contribution in [3.63, 3.8) is 0 Å². The van der Waals surface area contributed by atoms with E-state index in [1.165, 1.54) is 0 Å². The van der Waals surface area contributed by atoms with Gasteiger partial charge in [-0.2, -0.15) is 0 Å². The van der Waals surface area contributed by atoms with Crippen molar-refractivity contribution in [1.82, 2.24) is 5.32 Å². The Balaban J connectivity index is 3.25. The van der Waals surface area contributed by atoms with Crippen LogP contribution in [0.4, 0.5) is 4.79 Å². The van der Waals surface area contributed by atoms with E-state index in [1.807, 2.05) is 0 Å². The molecular weight excluding hydrogens is 334 g/mol. The zero-order chi connectivity index (χ0) is 18.5. The summed E-state index contributed by atoms with van der Waals surface area (Å²) in [5, 5.41) is 1.02. The molecule has 7 nitrogen and oxygen atoms in total. The Kier molecular flexibility index (Phi) is 6.36. The monoisotopic (exact) mass is 357 g/mol. The lowest BCUT2D eigenvalue weighted by atomic mass is 10.1. The molecule has 0 aromatic heterocycles. The van der Waals surface area contributed by atoms with Crippen molar-refractivity contribution in [2.45, 2.75) is 37.7 Å². The highest BCUT2D eigenvalue weighted by molar-refractivity contribution is 7.91. The molecule has 0 spiro atoms. The van der Waals surface area contributed by atoms with E-state index in [1.54, 1.807) is 51.1 Å². The Morgan fingerprint density at radius 3 is 2.08 bits per heavy atom. The molecule has 134 valence electrons. The number of hydrogen-bond donors (Lipinski definition) is 1. The van der Waals surface area contributed by atoms with E-state index in [9.17, 15) is 18.0 Å². The highest BCUT2D eigenvalue weighted by Crippen LogP contribution is 2.26. The molecule has 0 aliphatic rings. The van der Waals surface area contributed by atoms with Gasteiger partial charge in [-0.1, -0.05) is 30.3 Å². The second-order valence-corrected chi connectivity index (χ2v) is 8.47. The molecule has 0 bridgehead atoms. The topological polar surface area (TPSA) is 98.8 Å². The second kappa shape index (κ2) is 7.65. The van der Waals surface area contributed by atoms with Crippen LogP contribution < -0.4 is 5.32 Å². The van der Waals surface area contributed by atoms with Gasteiger partial charge in [-0.15, -0.1) is 0 Å². The average Bonchev–Trinajstić information content (AvgIpc) is 2.43. The van der Waals surface area contributed by atoms with Crippen molar-refractivity contribution in [3.8, 4) is 0 Å².